The number of ether oxygens (including phenoxy) is 4. The molecule has 0 amide bonds. The van der Waals surface area contributed by atoms with E-state index in [0.29, 0.717) is 12.8 Å². The first-order valence-electron chi connectivity index (χ1n) is 20.2. The van der Waals surface area contributed by atoms with Crippen LogP contribution in [0.15, 0.2) is 12.2 Å². The Labute approximate surface area is 314 Å². The maximum Gasteiger partial charge on any atom is 0.306 e. The maximum absolute atomic E-state index is 12.7. The minimum atomic E-state index is -4.59. The van der Waals surface area contributed by atoms with Crippen molar-refractivity contribution >= 4 is 22.1 Å². The molecule has 2 unspecified atom stereocenters. The molecule has 1 aliphatic rings. The summed E-state index contributed by atoms with van der Waals surface area (Å²) < 4.78 is 53.8. The molecule has 52 heavy (non-hydrogen) atoms. The molecule has 1 rings (SSSR count). The molecule has 0 aliphatic carbocycles. The lowest BCUT2D eigenvalue weighted by Gasteiger charge is -2.40. The molecular weight excluding hydrogens is 692 g/mol. The van der Waals surface area contributed by atoms with Crippen LogP contribution in [0.3, 0.4) is 0 Å². The Morgan fingerprint density at radius 2 is 1.12 bits per heavy atom. The molecule has 1 fully saturated rings. The molecule has 1 saturated heterocycles. The minimum absolute atomic E-state index is 0.157. The zero-order valence-electron chi connectivity index (χ0n) is 32.2. The van der Waals surface area contributed by atoms with Gasteiger partial charge in [0.2, 0.25) is 0 Å². The van der Waals surface area contributed by atoms with E-state index in [1.165, 1.54) is 70.6 Å². The van der Waals surface area contributed by atoms with E-state index < -0.39 is 71.2 Å². The second kappa shape index (κ2) is 30.7. The number of unbranched alkanes of at least 4 members (excludes halogenated alkanes) is 19. The summed E-state index contributed by atoms with van der Waals surface area (Å²) in [4.78, 5) is 25.2. The number of esters is 2. The van der Waals surface area contributed by atoms with Crippen LogP contribution in [0.2, 0.25) is 0 Å². The summed E-state index contributed by atoms with van der Waals surface area (Å²) >= 11 is 0. The third kappa shape index (κ3) is 25.4. The molecule has 0 aromatic rings. The van der Waals surface area contributed by atoms with Gasteiger partial charge in [-0.15, -0.1) is 0 Å². The average Bonchev–Trinajstić information content (AvgIpc) is 3.10. The van der Waals surface area contributed by atoms with Crippen molar-refractivity contribution in [2.75, 3.05) is 19.0 Å². The van der Waals surface area contributed by atoms with Crippen LogP contribution in [0.5, 0.6) is 0 Å². The third-order valence-electron chi connectivity index (χ3n) is 9.35. The van der Waals surface area contributed by atoms with Crippen LogP contribution in [0.4, 0.5) is 0 Å². The van der Waals surface area contributed by atoms with E-state index >= 15 is 0 Å². The van der Waals surface area contributed by atoms with Crippen LogP contribution in [0.1, 0.15) is 168 Å². The van der Waals surface area contributed by atoms with Gasteiger partial charge < -0.3 is 34.3 Å². The van der Waals surface area contributed by atoms with Gasteiger partial charge in [-0.3, -0.25) is 14.1 Å². The lowest BCUT2D eigenvalue weighted by molar-refractivity contribution is -0.297. The van der Waals surface area contributed by atoms with Crippen molar-refractivity contribution in [3.63, 3.8) is 0 Å². The highest BCUT2D eigenvalue weighted by atomic mass is 32.2. The topological polar surface area (TPSA) is 186 Å². The Balaban J connectivity index is 2.50. The fraction of sp³-hybridized carbons (Fsp3) is 0.897. The first-order chi connectivity index (χ1) is 25.0. The molecule has 1 aliphatic heterocycles. The summed E-state index contributed by atoms with van der Waals surface area (Å²) in [6.45, 7) is 3.69. The second-order valence-electron chi connectivity index (χ2n) is 14.3. The van der Waals surface area contributed by atoms with Gasteiger partial charge in [0.1, 0.15) is 36.8 Å². The maximum atomic E-state index is 12.7. The van der Waals surface area contributed by atoms with Gasteiger partial charge in [-0.2, -0.15) is 8.42 Å². The molecule has 0 spiro atoms. The van der Waals surface area contributed by atoms with Crippen LogP contribution in [0, 0.1) is 0 Å². The van der Waals surface area contributed by atoms with Crippen LogP contribution >= 0.6 is 0 Å². The molecule has 0 radical (unpaired) electrons. The number of allylic oxidation sites excluding steroid dienone is 2. The van der Waals surface area contributed by atoms with Crippen molar-refractivity contribution in [1.82, 2.24) is 0 Å². The molecule has 0 aromatic carbocycles. The van der Waals surface area contributed by atoms with Crippen molar-refractivity contribution < 1.29 is 56.8 Å². The second-order valence-corrected chi connectivity index (χ2v) is 15.8. The fourth-order valence-electron chi connectivity index (χ4n) is 6.13. The van der Waals surface area contributed by atoms with Crippen LogP contribution in [-0.4, -0.2) is 96.0 Å². The standard InChI is InChI=1S/C39H72O12S/c1-3-5-7-9-11-13-15-16-18-19-21-23-25-27-34(40)48-29-32(50-35(41)28-26-24-22-20-17-14-12-10-8-6-4-2)30-49-39-38(44)37(43)36(42)33(51-39)31-52(45,46)47/h10,12,32-33,36-39,42-44H,3-9,11,13-31H2,1-2H3,(H,45,46,47)/b12-10+/t32-,33-,36-,37?,38?,39+/m1/s1. The van der Waals surface area contributed by atoms with Crippen molar-refractivity contribution in [1.29, 1.82) is 0 Å². The van der Waals surface area contributed by atoms with Gasteiger partial charge in [-0.25, -0.2) is 0 Å². The Kier molecular flexibility index (Phi) is 28.6. The van der Waals surface area contributed by atoms with Gasteiger partial charge >= 0.3 is 11.9 Å². The number of rotatable bonds is 33. The molecular formula is C39H72O12S. The van der Waals surface area contributed by atoms with Crippen LogP contribution in [-0.2, 0) is 38.7 Å². The van der Waals surface area contributed by atoms with Gasteiger partial charge in [0.15, 0.2) is 12.4 Å². The normalized spacial score (nSPS) is 21.4. The number of aliphatic hydroxyl groups excluding tert-OH is 3. The first kappa shape index (κ1) is 48.4. The quantitative estimate of drug-likeness (QED) is 0.0230. The minimum Gasteiger partial charge on any atom is -0.462 e. The predicted molar refractivity (Wildman–Crippen MR) is 201 cm³/mol. The van der Waals surface area contributed by atoms with Gasteiger partial charge in [-0.05, 0) is 32.1 Å². The van der Waals surface area contributed by atoms with Gasteiger partial charge in [0.25, 0.3) is 10.1 Å². The molecule has 4 N–H and O–H groups in total. The van der Waals surface area contributed by atoms with Crippen molar-refractivity contribution in [2.45, 2.75) is 205 Å². The average molecular weight is 765 g/mol. The zero-order chi connectivity index (χ0) is 38.5. The number of carbonyl (C=O) groups is 2. The van der Waals surface area contributed by atoms with E-state index in [0.717, 1.165) is 57.8 Å². The Morgan fingerprint density at radius 1 is 0.635 bits per heavy atom. The Morgan fingerprint density at radius 3 is 1.65 bits per heavy atom. The molecule has 12 nitrogen and oxygen atoms in total. The van der Waals surface area contributed by atoms with E-state index in [1.54, 1.807) is 0 Å². The monoisotopic (exact) mass is 764 g/mol. The third-order valence-corrected chi connectivity index (χ3v) is 10.1. The van der Waals surface area contributed by atoms with E-state index in [2.05, 4.69) is 26.0 Å². The molecule has 1 heterocycles. The van der Waals surface area contributed by atoms with Crippen LogP contribution < -0.4 is 0 Å². The summed E-state index contributed by atoms with van der Waals surface area (Å²) in [5.74, 6) is -1.99. The smallest absolute Gasteiger partial charge is 0.306 e. The number of hydrogen-bond acceptors (Lipinski definition) is 11. The summed E-state index contributed by atoms with van der Waals surface area (Å²) in [6, 6.07) is 0. The predicted octanol–water partition coefficient (Wildman–Crippen LogP) is 7.11. The van der Waals surface area contributed by atoms with Crippen LogP contribution in [0.25, 0.3) is 0 Å². The van der Waals surface area contributed by atoms with Gasteiger partial charge in [0, 0.05) is 12.8 Å². The lowest BCUT2D eigenvalue weighted by atomic mass is 10.00. The number of hydrogen-bond donors (Lipinski definition) is 4. The molecule has 0 saturated carbocycles. The van der Waals surface area contributed by atoms with E-state index in [-0.39, 0.29) is 19.4 Å². The molecule has 13 heteroatoms. The fourth-order valence-corrected chi connectivity index (χ4v) is 6.82. The summed E-state index contributed by atoms with van der Waals surface area (Å²) in [5.41, 5.74) is 0. The molecule has 6 atom stereocenters. The largest absolute Gasteiger partial charge is 0.462 e. The molecule has 306 valence electrons. The molecule has 0 bridgehead atoms. The van der Waals surface area contributed by atoms with Gasteiger partial charge in [0.05, 0.1) is 6.61 Å². The number of aliphatic hydroxyl groups is 3. The summed E-state index contributed by atoms with van der Waals surface area (Å²) in [5, 5.41) is 30.7. The van der Waals surface area contributed by atoms with Gasteiger partial charge in [-0.1, -0.05) is 135 Å². The first-order valence-corrected chi connectivity index (χ1v) is 21.9. The van der Waals surface area contributed by atoms with E-state index in [4.69, 9.17) is 18.9 Å². The van der Waals surface area contributed by atoms with Crippen molar-refractivity contribution in [3.8, 4) is 0 Å². The van der Waals surface area contributed by atoms with Crippen molar-refractivity contribution in [3.05, 3.63) is 12.2 Å². The summed E-state index contributed by atoms with van der Waals surface area (Å²) in [7, 11) is -4.59. The highest BCUT2D eigenvalue weighted by Gasteiger charge is 2.46. The van der Waals surface area contributed by atoms with E-state index in [1.807, 2.05) is 0 Å². The highest BCUT2D eigenvalue weighted by molar-refractivity contribution is 7.85. The Bertz CT molecular complexity index is 1040. The van der Waals surface area contributed by atoms with Crippen molar-refractivity contribution in [2.24, 2.45) is 0 Å². The molecule has 0 aromatic heterocycles. The zero-order valence-corrected chi connectivity index (χ0v) is 33.0. The lowest BCUT2D eigenvalue weighted by Crippen LogP contribution is -2.60. The number of carbonyl (C=O) groups excluding carboxylic acids is 2. The summed E-state index contributed by atoms with van der Waals surface area (Å²) in [6.07, 6.45) is 19.9. The SMILES string of the molecule is CCCC/C=C/CCCCCCCC(=O)O[C@H](COC(=O)CCCCCCCCCCCCCCC)CO[C@H]1O[C@H](CS(=O)(=O)O)[C@@H](O)C(O)C1O. The Hall–Kier alpha value is -1.61. The highest BCUT2D eigenvalue weighted by Crippen LogP contribution is 2.24. The van der Waals surface area contributed by atoms with E-state index in [9.17, 15) is 37.9 Å².